The number of ether oxygens (including phenoxy) is 2. The standard InChI is InChI=1S/C21H22N2O4/c24-20-12-17(13-23(20)10-4-7-15-5-2-1-3-6-15)22-21(25)16-8-9-18-19(11-16)27-14-26-18/h1-3,5-6,8-9,11,17H,4,7,10,12-14H2,(H,22,25)/t17-/m1/s1. The number of hydrogen-bond donors (Lipinski definition) is 1. The zero-order valence-corrected chi connectivity index (χ0v) is 15.0. The predicted octanol–water partition coefficient (Wildman–Crippen LogP) is 2.38. The van der Waals surface area contributed by atoms with Gasteiger partial charge in [0.1, 0.15) is 0 Å². The summed E-state index contributed by atoms with van der Waals surface area (Å²) in [5.74, 6) is 1.12. The molecule has 0 bridgehead atoms. The van der Waals surface area contributed by atoms with E-state index in [9.17, 15) is 9.59 Å². The summed E-state index contributed by atoms with van der Waals surface area (Å²) in [4.78, 5) is 26.6. The molecule has 1 fully saturated rings. The van der Waals surface area contributed by atoms with Gasteiger partial charge in [-0.1, -0.05) is 30.3 Å². The van der Waals surface area contributed by atoms with E-state index in [-0.39, 0.29) is 24.6 Å². The number of hydrogen-bond acceptors (Lipinski definition) is 4. The number of carbonyl (C=O) groups excluding carboxylic acids is 2. The van der Waals surface area contributed by atoms with Crippen molar-refractivity contribution in [1.29, 1.82) is 0 Å². The molecule has 6 nitrogen and oxygen atoms in total. The number of benzene rings is 2. The molecule has 27 heavy (non-hydrogen) atoms. The molecular weight excluding hydrogens is 344 g/mol. The zero-order chi connectivity index (χ0) is 18.6. The first-order valence-corrected chi connectivity index (χ1v) is 9.21. The minimum atomic E-state index is -0.197. The van der Waals surface area contributed by atoms with E-state index in [1.807, 2.05) is 23.1 Å². The van der Waals surface area contributed by atoms with E-state index in [2.05, 4.69) is 17.4 Å². The van der Waals surface area contributed by atoms with E-state index in [0.29, 0.717) is 36.6 Å². The molecule has 2 aliphatic rings. The van der Waals surface area contributed by atoms with E-state index >= 15 is 0 Å². The van der Waals surface area contributed by atoms with Gasteiger partial charge in [0.15, 0.2) is 11.5 Å². The molecule has 0 saturated carbocycles. The first-order chi connectivity index (χ1) is 13.2. The molecule has 2 amide bonds. The molecule has 4 rings (SSSR count). The van der Waals surface area contributed by atoms with Gasteiger partial charge in [0, 0.05) is 25.1 Å². The summed E-state index contributed by atoms with van der Waals surface area (Å²) >= 11 is 0. The number of nitrogens with zero attached hydrogens (tertiary/aromatic N) is 1. The third-order valence-corrected chi connectivity index (χ3v) is 4.92. The monoisotopic (exact) mass is 366 g/mol. The topological polar surface area (TPSA) is 67.9 Å². The van der Waals surface area contributed by atoms with Crippen molar-refractivity contribution >= 4 is 11.8 Å². The maximum atomic E-state index is 12.5. The fourth-order valence-electron chi connectivity index (χ4n) is 3.51. The van der Waals surface area contributed by atoms with Crippen LogP contribution in [0, 0.1) is 0 Å². The first kappa shape index (κ1) is 17.4. The molecule has 6 heteroatoms. The number of fused-ring (bicyclic) bond motifs is 1. The molecule has 1 saturated heterocycles. The summed E-state index contributed by atoms with van der Waals surface area (Å²) in [6.07, 6.45) is 2.21. The van der Waals surface area contributed by atoms with E-state index in [0.717, 1.165) is 12.8 Å². The summed E-state index contributed by atoms with van der Waals surface area (Å²) in [5.41, 5.74) is 1.78. The highest BCUT2D eigenvalue weighted by molar-refractivity contribution is 5.95. The van der Waals surface area contributed by atoms with Gasteiger partial charge in [0.2, 0.25) is 12.7 Å². The molecule has 0 aromatic heterocycles. The predicted molar refractivity (Wildman–Crippen MR) is 99.8 cm³/mol. The van der Waals surface area contributed by atoms with Gasteiger partial charge in [0.05, 0.1) is 6.04 Å². The van der Waals surface area contributed by atoms with Crippen molar-refractivity contribution in [2.45, 2.75) is 25.3 Å². The van der Waals surface area contributed by atoms with Crippen molar-refractivity contribution in [3.05, 3.63) is 59.7 Å². The number of aryl methyl sites for hydroxylation is 1. The van der Waals surface area contributed by atoms with Gasteiger partial charge in [-0.15, -0.1) is 0 Å². The van der Waals surface area contributed by atoms with Crippen molar-refractivity contribution in [1.82, 2.24) is 10.2 Å². The van der Waals surface area contributed by atoms with E-state index in [4.69, 9.17) is 9.47 Å². The normalized spacial score (nSPS) is 18.0. The molecule has 2 aromatic carbocycles. The summed E-state index contributed by atoms with van der Waals surface area (Å²) in [6.45, 7) is 1.45. The summed E-state index contributed by atoms with van der Waals surface area (Å²) in [5, 5.41) is 2.96. The van der Waals surface area contributed by atoms with Crippen molar-refractivity contribution < 1.29 is 19.1 Å². The molecule has 0 radical (unpaired) electrons. The molecule has 0 aliphatic carbocycles. The van der Waals surface area contributed by atoms with Crippen LogP contribution < -0.4 is 14.8 Å². The average Bonchev–Trinajstić information content (AvgIpc) is 3.28. The Bertz CT molecular complexity index is 837. The molecule has 140 valence electrons. The molecule has 2 aromatic rings. The zero-order valence-electron chi connectivity index (χ0n) is 15.0. The van der Waals surface area contributed by atoms with Crippen molar-refractivity contribution in [3.8, 4) is 11.5 Å². The Labute approximate surface area is 158 Å². The Hall–Kier alpha value is -3.02. The van der Waals surface area contributed by atoms with E-state index in [1.165, 1.54) is 5.56 Å². The Morgan fingerprint density at radius 3 is 2.78 bits per heavy atom. The van der Waals surface area contributed by atoms with E-state index in [1.54, 1.807) is 18.2 Å². The van der Waals surface area contributed by atoms with Crippen LogP contribution in [0.5, 0.6) is 11.5 Å². The second-order valence-electron chi connectivity index (χ2n) is 6.87. The Morgan fingerprint density at radius 2 is 1.93 bits per heavy atom. The molecular formula is C21H22N2O4. The molecule has 1 N–H and O–H groups in total. The van der Waals surface area contributed by atoms with Gasteiger partial charge in [-0.2, -0.15) is 0 Å². The molecule has 1 atom stereocenters. The van der Waals surface area contributed by atoms with Crippen molar-refractivity contribution in [2.75, 3.05) is 19.9 Å². The van der Waals surface area contributed by atoms with Gasteiger partial charge >= 0.3 is 0 Å². The lowest BCUT2D eigenvalue weighted by Crippen LogP contribution is -2.37. The second-order valence-corrected chi connectivity index (χ2v) is 6.87. The van der Waals surface area contributed by atoms with Crippen LogP contribution in [0.3, 0.4) is 0 Å². The maximum absolute atomic E-state index is 12.5. The van der Waals surface area contributed by atoms with E-state index < -0.39 is 0 Å². The van der Waals surface area contributed by atoms with Crippen LogP contribution in [0.1, 0.15) is 28.8 Å². The molecule has 0 spiro atoms. The summed E-state index contributed by atoms with van der Waals surface area (Å²) < 4.78 is 10.6. The largest absolute Gasteiger partial charge is 0.454 e. The van der Waals surface area contributed by atoms with Crippen LogP contribution in [-0.2, 0) is 11.2 Å². The number of carbonyl (C=O) groups is 2. The van der Waals surface area contributed by atoms with Gasteiger partial charge in [-0.25, -0.2) is 0 Å². The molecule has 2 heterocycles. The van der Waals surface area contributed by atoms with Crippen LogP contribution in [-0.4, -0.2) is 42.6 Å². The second kappa shape index (κ2) is 7.70. The number of rotatable bonds is 6. The number of amides is 2. The van der Waals surface area contributed by atoms with Crippen LogP contribution >= 0.6 is 0 Å². The highest BCUT2D eigenvalue weighted by Crippen LogP contribution is 2.32. The van der Waals surface area contributed by atoms with Crippen LogP contribution in [0.15, 0.2) is 48.5 Å². The number of likely N-dealkylation sites (tertiary alicyclic amines) is 1. The van der Waals surface area contributed by atoms with Gasteiger partial charge in [-0.05, 0) is 36.6 Å². The SMILES string of the molecule is O=C(N[C@@H]1CC(=O)N(CCCc2ccccc2)C1)c1ccc2c(c1)OCO2. The lowest BCUT2D eigenvalue weighted by molar-refractivity contribution is -0.127. The minimum absolute atomic E-state index is 0.0963. The first-order valence-electron chi connectivity index (χ1n) is 9.21. The van der Waals surface area contributed by atoms with Crippen molar-refractivity contribution in [3.63, 3.8) is 0 Å². The fourth-order valence-corrected chi connectivity index (χ4v) is 3.51. The van der Waals surface area contributed by atoms with Crippen LogP contribution in [0.25, 0.3) is 0 Å². The van der Waals surface area contributed by atoms with Gasteiger partial charge in [0.25, 0.3) is 5.91 Å². The lowest BCUT2D eigenvalue weighted by atomic mass is 10.1. The minimum Gasteiger partial charge on any atom is -0.454 e. The maximum Gasteiger partial charge on any atom is 0.251 e. The third-order valence-electron chi connectivity index (χ3n) is 4.92. The average molecular weight is 366 g/mol. The van der Waals surface area contributed by atoms with Crippen LogP contribution in [0.2, 0.25) is 0 Å². The van der Waals surface area contributed by atoms with Crippen molar-refractivity contribution in [2.24, 2.45) is 0 Å². The summed E-state index contributed by atoms with van der Waals surface area (Å²) in [6, 6.07) is 15.2. The third kappa shape index (κ3) is 4.05. The van der Waals surface area contributed by atoms with Gasteiger partial charge in [-0.3, -0.25) is 9.59 Å². The highest BCUT2D eigenvalue weighted by Gasteiger charge is 2.30. The Kier molecular flexibility index (Phi) is 4.96. The smallest absolute Gasteiger partial charge is 0.251 e. The molecule has 2 aliphatic heterocycles. The van der Waals surface area contributed by atoms with Crippen LogP contribution in [0.4, 0.5) is 0 Å². The quantitative estimate of drug-likeness (QED) is 0.852. The highest BCUT2D eigenvalue weighted by atomic mass is 16.7. The molecule has 0 unspecified atom stereocenters. The number of nitrogens with one attached hydrogen (secondary N) is 1. The summed E-state index contributed by atoms with van der Waals surface area (Å²) in [7, 11) is 0. The Balaban J connectivity index is 1.28. The Morgan fingerprint density at radius 1 is 1.11 bits per heavy atom. The lowest BCUT2D eigenvalue weighted by Gasteiger charge is -2.17. The fraction of sp³-hybridized carbons (Fsp3) is 0.333. The van der Waals surface area contributed by atoms with Gasteiger partial charge < -0.3 is 19.7 Å².